The smallest absolute Gasteiger partial charge is 0.322 e. The molecule has 0 aliphatic rings. The number of nitrogens with one attached hydrogen (secondary N) is 1. The van der Waals surface area contributed by atoms with E-state index in [4.69, 9.17) is 27.6 Å². The summed E-state index contributed by atoms with van der Waals surface area (Å²) >= 11 is 11.8. The summed E-state index contributed by atoms with van der Waals surface area (Å²) in [4.78, 5) is 12.2. The molecule has 0 unspecified atom stereocenters. The van der Waals surface area contributed by atoms with E-state index in [0.717, 1.165) is 0 Å². The van der Waals surface area contributed by atoms with Gasteiger partial charge in [0.15, 0.2) is 9.84 Å². The Hall–Kier alpha value is -2.42. The molecule has 10 heteroatoms. The highest BCUT2D eigenvalue weighted by atomic mass is 35.5. The monoisotopic (exact) mass is 425 g/mol. The number of carbonyl (C=O) groups excluding carboxylic acids is 1. The van der Waals surface area contributed by atoms with Crippen LogP contribution in [-0.2, 0) is 14.6 Å². The minimum atomic E-state index is -3.55. The highest BCUT2D eigenvalue weighted by molar-refractivity contribution is 7.91. The summed E-state index contributed by atoms with van der Waals surface area (Å²) in [7, 11) is -3.55. The number of hydrogen-bond acceptors (Lipinski definition) is 6. The van der Waals surface area contributed by atoms with Crippen molar-refractivity contribution in [2.75, 3.05) is 11.1 Å². The Morgan fingerprint density at radius 2 is 1.70 bits per heavy atom. The molecule has 0 saturated carbocycles. The second-order valence-electron chi connectivity index (χ2n) is 5.50. The van der Waals surface area contributed by atoms with Gasteiger partial charge in [-0.25, -0.2) is 8.42 Å². The van der Waals surface area contributed by atoms with E-state index in [0.29, 0.717) is 15.6 Å². The zero-order valence-corrected chi connectivity index (χ0v) is 16.1. The molecule has 0 fully saturated rings. The Morgan fingerprint density at radius 3 is 2.37 bits per heavy atom. The predicted octanol–water partition coefficient (Wildman–Crippen LogP) is 3.85. The molecule has 27 heavy (non-hydrogen) atoms. The summed E-state index contributed by atoms with van der Waals surface area (Å²) in [5, 5.41) is 10.7. The first-order valence-electron chi connectivity index (χ1n) is 7.71. The largest absolute Gasteiger partial charge is 0.403 e. The zero-order chi connectivity index (χ0) is 19.4. The first-order valence-corrected chi connectivity index (χ1v) is 10.1. The average molecular weight is 426 g/mol. The molecule has 3 aromatic rings. The lowest BCUT2D eigenvalue weighted by molar-refractivity contribution is -0.115. The molecule has 0 radical (unpaired) electrons. The van der Waals surface area contributed by atoms with Crippen LogP contribution in [0.25, 0.3) is 11.5 Å². The van der Waals surface area contributed by atoms with Gasteiger partial charge in [0.05, 0.1) is 10.6 Å². The van der Waals surface area contributed by atoms with Gasteiger partial charge < -0.3 is 4.42 Å². The topological polar surface area (TPSA) is 102 Å². The molecule has 3 rings (SSSR count). The van der Waals surface area contributed by atoms with E-state index < -0.39 is 15.7 Å². The fourth-order valence-corrected chi connectivity index (χ4v) is 4.01. The molecule has 1 heterocycles. The Balaban J connectivity index is 1.63. The lowest BCUT2D eigenvalue weighted by Crippen LogP contribution is -2.17. The highest BCUT2D eigenvalue weighted by Gasteiger charge is 2.18. The van der Waals surface area contributed by atoms with Crippen LogP contribution in [0.2, 0.25) is 10.0 Å². The van der Waals surface area contributed by atoms with Crippen LogP contribution < -0.4 is 5.32 Å². The SMILES string of the molecule is O=C(CCS(=O)(=O)c1ccccc1)Nc1nnc(-c2cc(Cl)cc(Cl)c2)o1. The lowest BCUT2D eigenvalue weighted by atomic mass is 10.2. The van der Waals surface area contributed by atoms with Gasteiger partial charge in [0.1, 0.15) is 0 Å². The van der Waals surface area contributed by atoms with Crippen LogP contribution in [0.3, 0.4) is 0 Å². The molecule has 7 nitrogen and oxygen atoms in total. The fraction of sp³-hybridized carbons (Fsp3) is 0.118. The molecule has 140 valence electrons. The van der Waals surface area contributed by atoms with Crippen LogP contribution in [0.15, 0.2) is 57.8 Å². The van der Waals surface area contributed by atoms with Crippen molar-refractivity contribution < 1.29 is 17.6 Å². The summed E-state index contributed by atoms with van der Waals surface area (Å²) in [6, 6.07) is 12.5. The summed E-state index contributed by atoms with van der Waals surface area (Å²) in [6.45, 7) is 0. The minimum absolute atomic E-state index is 0.117. The number of nitrogens with zero attached hydrogens (tertiary/aromatic N) is 2. The van der Waals surface area contributed by atoms with Crippen LogP contribution >= 0.6 is 23.2 Å². The third kappa shape index (κ3) is 5.06. The first-order chi connectivity index (χ1) is 12.8. The normalized spacial score (nSPS) is 11.3. The molecule has 1 N–H and O–H groups in total. The third-order valence-corrected chi connectivity index (χ3v) is 5.65. The van der Waals surface area contributed by atoms with Gasteiger partial charge in [-0.3, -0.25) is 10.1 Å². The average Bonchev–Trinajstić information content (AvgIpc) is 3.09. The van der Waals surface area contributed by atoms with E-state index in [1.54, 1.807) is 36.4 Å². The zero-order valence-electron chi connectivity index (χ0n) is 13.7. The number of anilines is 1. The molecule has 0 atom stereocenters. The first kappa shape index (κ1) is 19.3. The summed E-state index contributed by atoms with van der Waals surface area (Å²) in [5.41, 5.74) is 0.493. The number of rotatable bonds is 6. The maximum Gasteiger partial charge on any atom is 0.322 e. The summed E-state index contributed by atoms with van der Waals surface area (Å²) < 4.78 is 29.7. The van der Waals surface area contributed by atoms with Gasteiger partial charge in [0.25, 0.3) is 0 Å². The molecular formula is C17H13Cl2N3O4S. The Morgan fingerprint density at radius 1 is 1.04 bits per heavy atom. The van der Waals surface area contributed by atoms with Crippen molar-refractivity contribution in [2.24, 2.45) is 0 Å². The number of halogens is 2. The van der Waals surface area contributed by atoms with E-state index in [1.165, 1.54) is 12.1 Å². The molecule has 0 aliphatic heterocycles. The Kier molecular flexibility index (Phi) is 5.79. The van der Waals surface area contributed by atoms with Gasteiger partial charge in [0, 0.05) is 22.0 Å². The molecule has 2 aromatic carbocycles. The van der Waals surface area contributed by atoms with E-state index in [-0.39, 0.29) is 29.0 Å². The number of benzene rings is 2. The number of sulfone groups is 1. The predicted molar refractivity (Wildman–Crippen MR) is 101 cm³/mol. The van der Waals surface area contributed by atoms with Crippen molar-refractivity contribution >= 4 is 45.0 Å². The van der Waals surface area contributed by atoms with Crippen LogP contribution in [-0.4, -0.2) is 30.3 Å². The summed E-state index contributed by atoms with van der Waals surface area (Å²) in [5.74, 6) is -0.784. The standard InChI is InChI=1S/C17H13Cl2N3O4S/c18-12-8-11(9-13(19)10-12)16-21-22-17(26-16)20-15(23)6-7-27(24,25)14-4-2-1-3-5-14/h1-5,8-10H,6-7H2,(H,20,22,23). The van der Waals surface area contributed by atoms with Crippen molar-refractivity contribution in [3.8, 4) is 11.5 Å². The van der Waals surface area contributed by atoms with Crippen molar-refractivity contribution in [3.63, 3.8) is 0 Å². The number of amides is 1. The molecule has 0 aliphatic carbocycles. The molecule has 1 aromatic heterocycles. The molecule has 1 amide bonds. The van der Waals surface area contributed by atoms with Crippen LogP contribution in [0.4, 0.5) is 6.01 Å². The van der Waals surface area contributed by atoms with E-state index in [9.17, 15) is 13.2 Å². The van der Waals surface area contributed by atoms with Gasteiger partial charge in [-0.05, 0) is 30.3 Å². The van der Waals surface area contributed by atoms with Gasteiger partial charge in [0.2, 0.25) is 11.8 Å². The minimum Gasteiger partial charge on any atom is -0.403 e. The van der Waals surface area contributed by atoms with Crippen molar-refractivity contribution in [1.29, 1.82) is 0 Å². The Labute approximate surface area is 165 Å². The molecule has 0 saturated heterocycles. The van der Waals surface area contributed by atoms with Gasteiger partial charge >= 0.3 is 6.01 Å². The van der Waals surface area contributed by atoms with Gasteiger partial charge in [-0.1, -0.05) is 46.5 Å². The van der Waals surface area contributed by atoms with E-state index >= 15 is 0 Å². The fourth-order valence-electron chi connectivity index (χ4n) is 2.22. The maximum absolute atomic E-state index is 12.2. The van der Waals surface area contributed by atoms with Crippen molar-refractivity contribution in [3.05, 3.63) is 58.6 Å². The number of carbonyl (C=O) groups is 1. The van der Waals surface area contributed by atoms with Crippen molar-refractivity contribution in [2.45, 2.75) is 11.3 Å². The van der Waals surface area contributed by atoms with Crippen LogP contribution in [0.1, 0.15) is 6.42 Å². The second kappa shape index (κ2) is 8.08. The van der Waals surface area contributed by atoms with Crippen LogP contribution in [0.5, 0.6) is 0 Å². The quantitative estimate of drug-likeness (QED) is 0.643. The van der Waals surface area contributed by atoms with Crippen LogP contribution in [0, 0.1) is 0 Å². The van der Waals surface area contributed by atoms with Crippen molar-refractivity contribution in [1.82, 2.24) is 10.2 Å². The van der Waals surface area contributed by atoms with Gasteiger partial charge in [-0.15, -0.1) is 5.10 Å². The molecular weight excluding hydrogens is 413 g/mol. The molecule has 0 spiro atoms. The molecule has 0 bridgehead atoms. The van der Waals surface area contributed by atoms with Gasteiger partial charge in [-0.2, -0.15) is 0 Å². The summed E-state index contributed by atoms with van der Waals surface area (Å²) in [6.07, 6.45) is -0.252. The third-order valence-electron chi connectivity index (χ3n) is 3.48. The number of aromatic nitrogens is 2. The Bertz CT molecular complexity index is 1050. The lowest BCUT2D eigenvalue weighted by Gasteiger charge is -2.04. The second-order valence-corrected chi connectivity index (χ2v) is 8.48. The highest BCUT2D eigenvalue weighted by Crippen LogP contribution is 2.27. The maximum atomic E-state index is 12.2. The van der Waals surface area contributed by atoms with E-state index in [2.05, 4.69) is 15.5 Å². The number of hydrogen-bond donors (Lipinski definition) is 1. The van der Waals surface area contributed by atoms with E-state index in [1.807, 2.05) is 0 Å².